The zero-order chi connectivity index (χ0) is 9.78. The number of hydrogen-bond acceptors (Lipinski definition) is 4. The summed E-state index contributed by atoms with van der Waals surface area (Å²) in [7, 11) is 0. The predicted octanol–water partition coefficient (Wildman–Crippen LogP) is -3.14. The molecule has 0 spiro atoms. The van der Waals surface area contributed by atoms with Crippen molar-refractivity contribution >= 4 is 11.9 Å². The molecule has 0 rings (SSSR count). The number of hydrogen-bond donors (Lipinski definition) is 0. The molecule has 0 radical (unpaired) electrons. The molecule has 0 N–H and O–H groups in total. The van der Waals surface area contributed by atoms with Crippen molar-refractivity contribution in [2.45, 2.75) is 39.2 Å². The van der Waals surface area contributed by atoms with Crippen LogP contribution in [0.15, 0.2) is 0 Å². The van der Waals surface area contributed by atoms with Gasteiger partial charge in [0.05, 0.1) is 12.4 Å². The number of carboxylic acids is 1. The van der Waals surface area contributed by atoms with Crippen molar-refractivity contribution in [1.29, 1.82) is 0 Å². The van der Waals surface area contributed by atoms with Crippen LogP contribution in [0.25, 0.3) is 0 Å². The summed E-state index contributed by atoms with van der Waals surface area (Å²) in [4.78, 5) is 20.8. The molecule has 0 aromatic heterocycles. The van der Waals surface area contributed by atoms with Crippen molar-refractivity contribution in [3.8, 4) is 0 Å². The number of carbonyl (C=O) groups is 2. The van der Waals surface area contributed by atoms with E-state index >= 15 is 0 Å². The summed E-state index contributed by atoms with van der Waals surface area (Å²) < 4.78 is 4.84. The number of ether oxygens (including phenoxy) is 1. The fourth-order valence-electron chi connectivity index (χ4n) is 0.534. The zero-order valence-electron chi connectivity index (χ0n) is 8.55. The van der Waals surface area contributed by atoms with E-state index in [4.69, 9.17) is 4.74 Å². The third kappa shape index (κ3) is 8.28. The van der Waals surface area contributed by atoms with E-state index in [1.54, 1.807) is 13.8 Å². The third-order valence-electron chi connectivity index (χ3n) is 1.53. The second-order valence-electron chi connectivity index (χ2n) is 3.14. The molecule has 0 unspecified atom stereocenters. The fourth-order valence-corrected chi connectivity index (χ4v) is 0.534. The molecule has 0 saturated heterocycles. The van der Waals surface area contributed by atoms with Gasteiger partial charge in [0.2, 0.25) is 0 Å². The molecule has 0 aromatic carbocycles. The molecule has 0 aliphatic heterocycles. The largest absolute Gasteiger partial charge is 1.00 e. The topological polar surface area (TPSA) is 66.4 Å². The van der Waals surface area contributed by atoms with Gasteiger partial charge in [-0.25, -0.2) is 0 Å². The number of esters is 1. The van der Waals surface area contributed by atoms with Crippen LogP contribution in [0.4, 0.5) is 0 Å². The molecule has 0 bridgehead atoms. The Hall–Kier alpha value is -0.0600. The van der Waals surface area contributed by atoms with Gasteiger partial charge in [-0.15, -0.1) is 0 Å². The van der Waals surface area contributed by atoms with E-state index in [1.807, 2.05) is 6.92 Å². The smallest absolute Gasteiger partial charge is 0.550 e. The number of carbonyl (C=O) groups excluding carboxylic acids is 2. The van der Waals surface area contributed by atoms with Crippen molar-refractivity contribution in [1.82, 2.24) is 0 Å². The zero-order valence-corrected chi connectivity index (χ0v) is 10.5. The Morgan fingerprint density at radius 1 is 1.38 bits per heavy atom. The molecule has 0 fully saturated rings. The first-order valence-electron chi connectivity index (χ1n) is 3.79. The number of carboxylic acid groups (broad SMARTS) is 1. The maximum atomic E-state index is 10.8. The maximum Gasteiger partial charge on any atom is 1.00 e. The number of aliphatic carboxylic acids is 1. The second kappa shape index (κ2) is 6.40. The van der Waals surface area contributed by atoms with Crippen molar-refractivity contribution in [3.05, 3.63) is 0 Å². The molecular weight excluding hydrogens is 183 g/mol. The van der Waals surface area contributed by atoms with Crippen molar-refractivity contribution in [2.75, 3.05) is 0 Å². The summed E-state index contributed by atoms with van der Waals surface area (Å²) in [5.74, 6) is -2.16. The Morgan fingerprint density at radius 3 is 2.15 bits per heavy atom. The Labute approximate surface area is 99.9 Å². The Morgan fingerprint density at radius 2 is 1.85 bits per heavy atom. The monoisotopic (exact) mass is 196 g/mol. The molecule has 0 saturated carbocycles. The molecule has 0 aliphatic carbocycles. The minimum Gasteiger partial charge on any atom is -0.550 e. The summed E-state index contributed by atoms with van der Waals surface area (Å²) in [5.41, 5.74) is -0.591. The van der Waals surface area contributed by atoms with E-state index in [0.717, 1.165) is 0 Å². The fraction of sp³-hybridized carbons (Fsp3) is 0.750. The van der Waals surface area contributed by atoms with Gasteiger partial charge in [0.1, 0.15) is 5.60 Å². The Bertz CT molecular complexity index is 189. The molecule has 5 heteroatoms. The van der Waals surface area contributed by atoms with E-state index in [-0.39, 0.29) is 29.6 Å². The van der Waals surface area contributed by atoms with Crippen LogP contribution < -0.4 is 34.7 Å². The first-order chi connectivity index (χ1) is 5.37. The van der Waals surface area contributed by atoms with E-state index in [0.29, 0.717) is 6.42 Å². The molecule has 0 aliphatic rings. The standard InChI is InChI=1S/C8H14O4.Na/c1-4-8(2,3)12-7(11)5-6(9)10;/h4-5H2,1-3H3,(H,9,10);/q;+1/p-1. The molecule has 0 amide bonds. The number of rotatable bonds is 4. The van der Waals surface area contributed by atoms with Gasteiger partial charge in [-0.3, -0.25) is 4.79 Å². The summed E-state index contributed by atoms with van der Waals surface area (Å²) in [6.45, 7) is 5.30. The van der Waals surface area contributed by atoms with Gasteiger partial charge in [0, 0.05) is 0 Å². The van der Waals surface area contributed by atoms with Crippen LogP contribution in [0.1, 0.15) is 33.6 Å². The van der Waals surface area contributed by atoms with E-state index in [1.165, 1.54) is 0 Å². The van der Waals surface area contributed by atoms with Crippen LogP contribution in [0.3, 0.4) is 0 Å². The normalized spacial score (nSPS) is 10.1. The van der Waals surface area contributed by atoms with Gasteiger partial charge in [0.15, 0.2) is 0 Å². The summed E-state index contributed by atoms with van der Waals surface area (Å²) in [6, 6.07) is 0. The molecular formula is C8H13NaO4. The van der Waals surface area contributed by atoms with Crippen LogP contribution in [-0.2, 0) is 14.3 Å². The SMILES string of the molecule is CCC(C)(C)OC(=O)CC(=O)[O-].[Na+]. The molecule has 0 heterocycles. The third-order valence-corrected chi connectivity index (χ3v) is 1.53. The van der Waals surface area contributed by atoms with Gasteiger partial charge >= 0.3 is 35.5 Å². The van der Waals surface area contributed by atoms with Crippen LogP contribution in [0.2, 0.25) is 0 Å². The molecule has 13 heavy (non-hydrogen) atoms. The van der Waals surface area contributed by atoms with Gasteiger partial charge in [-0.1, -0.05) is 6.92 Å². The van der Waals surface area contributed by atoms with E-state index in [2.05, 4.69) is 0 Å². The average molecular weight is 196 g/mol. The summed E-state index contributed by atoms with van der Waals surface area (Å²) in [6.07, 6.45) is -0.0325. The minimum absolute atomic E-state index is 0. The second-order valence-corrected chi connectivity index (χ2v) is 3.14. The van der Waals surface area contributed by atoms with Gasteiger partial charge in [0.25, 0.3) is 0 Å². The van der Waals surface area contributed by atoms with Gasteiger partial charge in [-0.05, 0) is 20.3 Å². The van der Waals surface area contributed by atoms with Crippen LogP contribution in [0, 0.1) is 0 Å². The Kier molecular flexibility index (Phi) is 7.59. The van der Waals surface area contributed by atoms with Gasteiger partial charge in [-0.2, -0.15) is 0 Å². The van der Waals surface area contributed by atoms with E-state index < -0.39 is 24.0 Å². The molecule has 0 atom stereocenters. The van der Waals surface area contributed by atoms with Crippen LogP contribution in [-0.4, -0.2) is 17.5 Å². The maximum absolute atomic E-state index is 10.8. The first-order valence-corrected chi connectivity index (χ1v) is 3.79. The van der Waals surface area contributed by atoms with Crippen molar-refractivity contribution in [2.24, 2.45) is 0 Å². The average Bonchev–Trinajstić information content (AvgIpc) is 1.84. The summed E-state index contributed by atoms with van der Waals surface area (Å²) >= 11 is 0. The van der Waals surface area contributed by atoms with Crippen molar-refractivity contribution in [3.63, 3.8) is 0 Å². The molecule has 0 aromatic rings. The van der Waals surface area contributed by atoms with E-state index in [9.17, 15) is 14.7 Å². The quantitative estimate of drug-likeness (QED) is 0.271. The summed E-state index contributed by atoms with van der Waals surface area (Å²) in [5, 5.41) is 9.97. The van der Waals surface area contributed by atoms with Crippen LogP contribution >= 0.6 is 0 Å². The Balaban J connectivity index is 0. The van der Waals surface area contributed by atoms with Crippen molar-refractivity contribution < 1.29 is 49.0 Å². The molecule has 70 valence electrons. The predicted molar refractivity (Wildman–Crippen MR) is 40.1 cm³/mol. The van der Waals surface area contributed by atoms with Gasteiger partial charge < -0.3 is 14.6 Å². The first kappa shape index (κ1) is 15.4. The minimum atomic E-state index is -1.41. The van der Waals surface area contributed by atoms with Crippen LogP contribution in [0.5, 0.6) is 0 Å². The molecule has 4 nitrogen and oxygen atoms in total.